The molecule has 3 nitrogen and oxygen atoms in total. The zero-order chi connectivity index (χ0) is 13.3. The van der Waals surface area contributed by atoms with Gasteiger partial charge in [0, 0.05) is 0 Å². The van der Waals surface area contributed by atoms with Gasteiger partial charge in [-0.2, -0.15) is 0 Å². The zero-order valence-corrected chi connectivity index (χ0v) is 10.6. The minimum absolute atomic E-state index is 0.111. The third kappa shape index (κ3) is 2.25. The van der Waals surface area contributed by atoms with Crippen molar-refractivity contribution in [2.45, 2.75) is 38.2 Å². The summed E-state index contributed by atoms with van der Waals surface area (Å²) in [5.74, 6) is -0.741. The van der Waals surface area contributed by atoms with Crippen LogP contribution in [0.15, 0.2) is 18.2 Å². The standard InChI is InChI=1S/C14H17FO3/c1-3-18-13(16)8-14(17)7-9(2)11-5-4-10(15)6-12(11)14/h4-6,9,17H,3,7-8H2,1-2H3. The molecule has 98 valence electrons. The molecular formula is C14H17FO3. The summed E-state index contributed by atoms with van der Waals surface area (Å²) in [6.07, 6.45) is 0.298. The molecule has 0 saturated carbocycles. The fourth-order valence-corrected chi connectivity index (χ4v) is 2.71. The normalized spacial score (nSPS) is 25.9. The first kappa shape index (κ1) is 13.0. The number of ether oxygens (including phenoxy) is 1. The van der Waals surface area contributed by atoms with Gasteiger partial charge in [-0.05, 0) is 42.5 Å². The maximum absolute atomic E-state index is 13.3. The second-order valence-corrected chi connectivity index (χ2v) is 4.85. The molecule has 1 aromatic carbocycles. The maximum Gasteiger partial charge on any atom is 0.309 e. The minimum atomic E-state index is -1.30. The molecule has 0 saturated heterocycles. The lowest BCUT2D eigenvalue weighted by Gasteiger charge is -2.23. The van der Waals surface area contributed by atoms with Gasteiger partial charge in [0.2, 0.25) is 0 Å². The molecule has 1 aliphatic carbocycles. The largest absolute Gasteiger partial charge is 0.466 e. The van der Waals surface area contributed by atoms with Crippen LogP contribution in [0.4, 0.5) is 4.39 Å². The lowest BCUT2D eigenvalue weighted by atomic mass is 9.92. The Balaban J connectivity index is 2.31. The highest BCUT2D eigenvalue weighted by atomic mass is 19.1. The first-order chi connectivity index (χ1) is 8.46. The summed E-state index contributed by atoms with van der Waals surface area (Å²) in [6.45, 7) is 3.95. The average molecular weight is 252 g/mol. The van der Waals surface area contributed by atoms with Crippen molar-refractivity contribution in [2.75, 3.05) is 6.61 Å². The molecule has 0 fully saturated rings. The number of esters is 1. The second kappa shape index (κ2) is 4.69. The number of aliphatic hydroxyl groups is 1. The SMILES string of the molecule is CCOC(=O)CC1(O)CC(C)c2ccc(F)cc21. The van der Waals surface area contributed by atoms with E-state index in [1.807, 2.05) is 6.92 Å². The maximum atomic E-state index is 13.3. The van der Waals surface area contributed by atoms with Crippen LogP contribution in [0.1, 0.15) is 43.7 Å². The van der Waals surface area contributed by atoms with Crippen molar-refractivity contribution in [3.8, 4) is 0 Å². The van der Waals surface area contributed by atoms with Gasteiger partial charge in [0.15, 0.2) is 0 Å². The van der Waals surface area contributed by atoms with Crippen LogP contribution < -0.4 is 0 Å². The summed E-state index contributed by atoms with van der Waals surface area (Å²) in [5.41, 5.74) is 0.120. The number of carbonyl (C=O) groups excluding carboxylic acids is 1. The molecule has 0 spiro atoms. The van der Waals surface area contributed by atoms with E-state index < -0.39 is 17.4 Å². The first-order valence-corrected chi connectivity index (χ1v) is 6.14. The number of rotatable bonds is 3. The molecule has 1 aromatic rings. The Kier molecular flexibility index (Phi) is 3.39. The summed E-state index contributed by atoms with van der Waals surface area (Å²) in [7, 11) is 0. The summed E-state index contributed by atoms with van der Waals surface area (Å²) < 4.78 is 18.1. The Labute approximate surface area is 106 Å². The number of hydrogen-bond acceptors (Lipinski definition) is 3. The van der Waals surface area contributed by atoms with Crippen LogP contribution >= 0.6 is 0 Å². The van der Waals surface area contributed by atoms with E-state index in [0.29, 0.717) is 12.0 Å². The predicted molar refractivity (Wildman–Crippen MR) is 64.6 cm³/mol. The van der Waals surface area contributed by atoms with Gasteiger partial charge >= 0.3 is 5.97 Å². The van der Waals surface area contributed by atoms with Gasteiger partial charge in [-0.15, -0.1) is 0 Å². The highest BCUT2D eigenvalue weighted by Crippen LogP contribution is 2.46. The lowest BCUT2D eigenvalue weighted by Crippen LogP contribution is -2.27. The topological polar surface area (TPSA) is 46.5 Å². The molecule has 4 heteroatoms. The molecule has 0 amide bonds. The van der Waals surface area contributed by atoms with Crippen molar-refractivity contribution in [3.05, 3.63) is 35.1 Å². The zero-order valence-electron chi connectivity index (χ0n) is 10.6. The second-order valence-electron chi connectivity index (χ2n) is 4.85. The van der Waals surface area contributed by atoms with Crippen LogP contribution in [0.5, 0.6) is 0 Å². The van der Waals surface area contributed by atoms with Crippen LogP contribution in [-0.2, 0) is 15.1 Å². The van der Waals surface area contributed by atoms with Gasteiger partial charge in [-0.25, -0.2) is 4.39 Å². The number of fused-ring (bicyclic) bond motifs is 1. The van der Waals surface area contributed by atoms with Crippen LogP contribution in [0.25, 0.3) is 0 Å². The van der Waals surface area contributed by atoms with Crippen molar-refractivity contribution in [3.63, 3.8) is 0 Å². The van der Waals surface area contributed by atoms with Crippen molar-refractivity contribution in [2.24, 2.45) is 0 Å². The quantitative estimate of drug-likeness (QED) is 0.841. The van der Waals surface area contributed by atoms with Crippen molar-refractivity contribution in [1.82, 2.24) is 0 Å². The summed E-state index contributed by atoms with van der Waals surface area (Å²) in [4.78, 5) is 11.5. The number of hydrogen-bond donors (Lipinski definition) is 1. The third-order valence-corrected chi connectivity index (χ3v) is 3.43. The van der Waals surface area contributed by atoms with E-state index in [1.165, 1.54) is 12.1 Å². The van der Waals surface area contributed by atoms with E-state index >= 15 is 0 Å². The Bertz CT molecular complexity index is 472. The molecule has 18 heavy (non-hydrogen) atoms. The highest BCUT2D eigenvalue weighted by Gasteiger charge is 2.42. The fourth-order valence-electron chi connectivity index (χ4n) is 2.71. The summed E-state index contributed by atoms with van der Waals surface area (Å²) in [6, 6.07) is 4.38. The molecule has 0 aliphatic heterocycles. The highest BCUT2D eigenvalue weighted by molar-refractivity contribution is 5.71. The molecule has 2 atom stereocenters. The Morgan fingerprint density at radius 2 is 2.33 bits per heavy atom. The van der Waals surface area contributed by atoms with Crippen molar-refractivity contribution in [1.29, 1.82) is 0 Å². The van der Waals surface area contributed by atoms with Crippen LogP contribution in [0.2, 0.25) is 0 Å². The van der Waals surface area contributed by atoms with E-state index in [0.717, 1.165) is 5.56 Å². The molecule has 0 radical (unpaired) electrons. The van der Waals surface area contributed by atoms with Gasteiger partial charge in [0.25, 0.3) is 0 Å². The smallest absolute Gasteiger partial charge is 0.309 e. The van der Waals surface area contributed by atoms with Gasteiger partial charge < -0.3 is 9.84 Å². The Hall–Kier alpha value is -1.42. The number of carbonyl (C=O) groups is 1. The summed E-state index contributed by atoms with van der Waals surface area (Å²) in [5, 5.41) is 10.6. The molecular weight excluding hydrogens is 235 g/mol. The molecule has 0 bridgehead atoms. The molecule has 0 aromatic heterocycles. The molecule has 1 aliphatic rings. The van der Waals surface area contributed by atoms with Gasteiger partial charge in [0.05, 0.1) is 13.0 Å². The molecule has 1 N–H and O–H groups in total. The van der Waals surface area contributed by atoms with E-state index in [-0.39, 0.29) is 18.9 Å². The van der Waals surface area contributed by atoms with Gasteiger partial charge in [-0.3, -0.25) is 4.79 Å². The van der Waals surface area contributed by atoms with Gasteiger partial charge in [0.1, 0.15) is 11.4 Å². The van der Waals surface area contributed by atoms with Crippen molar-refractivity contribution >= 4 is 5.97 Å². The predicted octanol–water partition coefficient (Wildman–Crippen LogP) is 2.47. The van der Waals surface area contributed by atoms with Crippen molar-refractivity contribution < 1.29 is 19.0 Å². The van der Waals surface area contributed by atoms with Gasteiger partial charge in [-0.1, -0.05) is 13.0 Å². The van der Waals surface area contributed by atoms with E-state index in [4.69, 9.17) is 4.74 Å². The van der Waals surface area contributed by atoms with E-state index in [9.17, 15) is 14.3 Å². The summed E-state index contributed by atoms with van der Waals surface area (Å²) >= 11 is 0. The number of halogens is 1. The fraction of sp³-hybridized carbons (Fsp3) is 0.500. The van der Waals surface area contributed by atoms with E-state index in [1.54, 1.807) is 13.0 Å². The lowest BCUT2D eigenvalue weighted by molar-refractivity contribution is -0.149. The first-order valence-electron chi connectivity index (χ1n) is 6.14. The average Bonchev–Trinajstić information content (AvgIpc) is 2.50. The minimum Gasteiger partial charge on any atom is -0.466 e. The Morgan fingerprint density at radius 1 is 1.61 bits per heavy atom. The molecule has 2 unspecified atom stereocenters. The van der Waals surface area contributed by atoms with Crippen LogP contribution in [0, 0.1) is 5.82 Å². The van der Waals surface area contributed by atoms with Crippen LogP contribution in [-0.4, -0.2) is 17.7 Å². The molecule has 0 heterocycles. The Morgan fingerprint density at radius 3 is 3.00 bits per heavy atom. The van der Waals surface area contributed by atoms with Crippen LogP contribution in [0.3, 0.4) is 0 Å². The monoisotopic (exact) mass is 252 g/mol. The van der Waals surface area contributed by atoms with E-state index in [2.05, 4.69) is 0 Å². The number of benzene rings is 1. The third-order valence-electron chi connectivity index (χ3n) is 3.43. The molecule has 2 rings (SSSR count).